The topological polar surface area (TPSA) is 69.7 Å². The molecule has 2 fully saturated rings. The van der Waals surface area contributed by atoms with E-state index in [4.69, 9.17) is 6.42 Å². The summed E-state index contributed by atoms with van der Waals surface area (Å²) in [6.45, 7) is 3.77. The first-order valence-electron chi connectivity index (χ1n) is 9.58. The molecule has 1 atom stereocenters. The molecular weight excluding hydrogens is 362 g/mol. The molecule has 2 aliphatic heterocycles. The second-order valence-electron chi connectivity index (χ2n) is 7.21. The van der Waals surface area contributed by atoms with Crippen LogP contribution < -0.4 is 4.72 Å². The van der Waals surface area contributed by atoms with E-state index < -0.39 is 10.0 Å². The Kier molecular flexibility index (Phi) is 6.53. The third kappa shape index (κ3) is 4.89. The maximum Gasteiger partial charge on any atom is 0.254 e. The maximum absolute atomic E-state index is 13.1. The van der Waals surface area contributed by atoms with Crippen LogP contribution in [0.4, 0.5) is 0 Å². The average Bonchev–Trinajstić information content (AvgIpc) is 3.15. The van der Waals surface area contributed by atoms with Crippen molar-refractivity contribution < 1.29 is 13.2 Å². The van der Waals surface area contributed by atoms with E-state index in [2.05, 4.69) is 15.5 Å². The van der Waals surface area contributed by atoms with Crippen molar-refractivity contribution in [2.75, 3.05) is 32.7 Å². The number of hydrogen-bond acceptors (Lipinski definition) is 4. The quantitative estimate of drug-likeness (QED) is 0.752. The Morgan fingerprint density at radius 2 is 1.96 bits per heavy atom. The smallest absolute Gasteiger partial charge is 0.254 e. The summed E-state index contributed by atoms with van der Waals surface area (Å²) < 4.78 is 26.9. The van der Waals surface area contributed by atoms with E-state index in [0.717, 1.165) is 39.0 Å². The molecule has 1 aromatic rings. The van der Waals surface area contributed by atoms with Gasteiger partial charge >= 0.3 is 0 Å². The second kappa shape index (κ2) is 8.87. The van der Waals surface area contributed by atoms with Crippen molar-refractivity contribution in [3.8, 4) is 12.3 Å². The first-order valence-corrected chi connectivity index (χ1v) is 11.1. The Labute approximate surface area is 162 Å². The molecule has 0 spiro atoms. The van der Waals surface area contributed by atoms with Crippen molar-refractivity contribution in [3.63, 3.8) is 0 Å². The summed E-state index contributed by atoms with van der Waals surface area (Å²) in [5, 5.41) is 0. The summed E-state index contributed by atoms with van der Waals surface area (Å²) in [5.74, 6) is 2.16. The predicted octanol–water partition coefficient (Wildman–Crippen LogP) is 1.69. The fourth-order valence-electron chi connectivity index (χ4n) is 3.92. The van der Waals surface area contributed by atoms with Crippen LogP contribution in [0.2, 0.25) is 0 Å². The van der Waals surface area contributed by atoms with E-state index in [0.29, 0.717) is 5.56 Å². The fourth-order valence-corrected chi connectivity index (χ4v) is 4.89. The Balaban J connectivity index is 1.73. The van der Waals surface area contributed by atoms with Gasteiger partial charge in [-0.25, -0.2) is 8.42 Å². The minimum atomic E-state index is -3.71. The highest BCUT2D eigenvalue weighted by molar-refractivity contribution is 7.89. The number of piperidine rings is 1. The van der Waals surface area contributed by atoms with Crippen LogP contribution in [0.15, 0.2) is 29.2 Å². The molecule has 1 N–H and O–H groups in total. The molecule has 146 valence electrons. The molecule has 2 aliphatic rings. The SMILES string of the molecule is C#CCNS(=O)(=O)c1cccc(C(=O)N2CCCC2CN2CCCCC2)c1. The zero-order valence-electron chi connectivity index (χ0n) is 15.6. The molecule has 0 aliphatic carbocycles. The van der Waals surface area contributed by atoms with Crippen LogP contribution >= 0.6 is 0 Å². The monoisotopic (exact) mass is 389 g/mol. The van der Waals surface area contributed by atoms with Crippen molar-refractivity contribution in [2.24, 2.45) is 0 Å². The van der Waals surface area contributed by atoms with Gasteiger partial charge in [0, 0.05) is 24.7 Å². The van der Waals surface area contributed by atoms with E-state index >= 15 is 0 Å². The average molecular weight is 390 g/mol. The fraction of sp³-hybridized carbons (Fsp3) is 0.550. The standard InChI is InChI=1S/C20H27N3O3S/c1-2-11-21-27(25,26)19-10-6-8-17(15-19)20(24)23-14-7-9-18(23)16-22-12-4-3-5-13-22/h1,6,8,10,15,18,21H,3-5,7,9,11-14,16H2. The van der Waals surface area contributed by atoms with Crippen LogP contribution in [0.25, 0.3) is 0 Å². The van der Waals surface area contributed by atoms with Crippen LogP contribution in [0.5, 0.6) is 0 Å². The summed E-state index contributed by atoms with van der Waals surface area (Å²) in [4.78, 5) is 17.5. The number of benzene rings is 1. The van der Waals surface area contributed by atoms with Crippen LogP contribution in [-0.4, -0.2) is 62.9 Å². The lowest BCUT2D eigenvalue weighted by Gasteiger charge is -2.33. The molecule has 1 amide bonds. The third-order valence-electron chi connectivity index (χ3n) is 5.31. The zero-order chi connectivity index (χ0) is 19.3. The molecule has 27 heavy (non-hydrogen) atoms. The van der Waals surface area contributed by atoms with Crippen molar-refractivity contribution in [3.05, 3.63) is 29.8 Å². The highest BCUT2D eigenvalue weighted by Gasteiger charge is 2.31. The summed E-state index contributed by atoms with van der Waals surface area (Å²) in [5.41, 5.74) is 0.407. The number of rotatable bonds is 6. The van der Waals surface area contributed by atoms with Crippen molar-refractivity contribution in [1.29, 1.82) is 0 Å². The van der Waals surface area contributed by atoms with Gasteiger partial charge in [0.05, 0.1) is 11.4 Å². The number of hydrogen-bond donors (Lipinski definition) is 1. The van der Waals surface area contributed by atoms with Gasteiger partial charge in [-0.1, -0.05) is 18.4 Å². The summed E-state index contributed by atoms with van der Waals surface area (Å²) in [7, 11) is -3.71. The second-order valence-corrected chi connectivity index (χ2v) is 8.98. The molecule has 0 aromatic heterocycles. The van der Waals surface area contributed by atoms with E-state index in [9.17, 15) is 13.2 Å². The molecule has 1 aromatic carbocycles. The number of nitrogens with one attached hydrogen (secondary N) is 1. The van der Waals surface area contributed by atoms with Gasteiger partial charge in [-0.15, -0.1) is 6.42 Å². The number of nitrogens with zero attached hydrogens (tertiary/aromatic N) is 2. The van der Waals surface area contributed by atoms with Gasteiger partial charge in [0.1, 0.15) is 0 Å². The first kappa shape index (κ1) is 19.9. The Morgan fingerprint density at radius 1 is 1.19 bits per heavy atom. The Bertz CT molecular complexity index is 810. The highest BCUT2D eigenvalue weighted by atomic mass is 32.2. The zero-order valence-corrected chi connectivity index (χ0v) is 16.4. The van der Waals surface area contributed by atoms with Crippen LogP contribution in [-0.2, 0) is 10.0 Å². The van der Waals surface area contributed by atoms with Crippen LogP contribution in [0, 0.1) is 12.3 Å². The minimum Gasteiger partial charge on any atom is -0.334 e. The highest BCUT2D eigenvalue weighted by Crippen LogP contribution is 2.23. The van der Waals surface area contributed by atoms with Crippen molar-refractivity contribution in [1.82, 2.24) is 14.5 Å². The predicted molar refractivity (Wildman–Crippen MR) is 105 cm³/mol. The van der Waals surface area contributed by atoms with Crippen LogP contribution in [0.1, 0.15) is 42.5 Å². The largest absolute Gasteiger partial charge is 0.334 e. The number of carbonyl (C=O) groups excluding carboxylic acids is 1. The molecule has 0 bridgehead atoms. The lowest BCUT2D eigenvalue weighted by atomic mass is 10.1. The van der Waals surface area contributed by atoms with Crippen LogP contribution in [0.3, 0.4) is 0 Å². The van der Waals surface area contributed by atoms with Crippen molar-refractivity contribution >= 4 is 15.9 Å². The van der Waals surface area contributed by atoms with E-state index in [1.54, 1.807) is 12.1 Å². The number of sulfonamides is 1. The third-order valence-corrected chi connectivity index (χ3v) is 6.71. The first-order chi connectivity index (χ1) is 13.0. The molecule has 0 radical (unpaired) electrons. The lowest BCUT2D eigenvalue weighted by Crippen LogP contribution is -2.44. The van der Waals surface area contributed by atoms with Gasteiger partial charge in [0.2, 0.25) is 10.0 Å². The molecular formula is C20H27N3O3S. The van der Waals surface area contributed by atoms with Gasteiger partial charge < -0.3 is 9.80 Å². The van der Waals surface area contributed by atoms with E-state index in [1.165, 1.54) is 31.4 Å². The number of terminal acetylenes is 1. The van der Waals surface area contributed by atoms with Gasteiger partial charge in [0.15, 0.2) is 0 Å². The number of carbonyl (C=O) groups is 1. The molecule has 0 saturated carbocycles. The van der Waals surface area contributed by atoms with Gasteiger partial charge in [-0.3, -0.25) is 4.79 Å². The number of likely N-dealkylation sites (tertiary alicyclic amines) is 2. The van der Waals surface area contributed by atoms with E-state index in [1.807, 2.05) is 4.90 Å². The molecule has 2 heterocycles. The van der Waals surface area contributed by atoms with Gasteiger partial charge in [-0.05, 0) is 57.0 Å². The summed E-state index contributed by atoms with van der Waals surface area (Å²) in [6, 6.07) is 6.41. The number of amides is 1. The molecule has 2 saturated heterocycles. The Hall–Kier alpha value is -1.88. The van der Waals surface area contributed by atoms with E-state index in [-0.39, 0.29) is 23.4 Å². The summed E-state index contributed by atoms with van der Waals surface area (Å²) in [6.07, 6.45) is 10.9. The lowest BCUT2D eigenvalue weighted by molar-refractivity contribution is 0.0690. The maximum atomic E-state index is 13.1. The van der Waals surface area contributed by atoms with Gasteiger partial charge in [-0.2, -0.15) is 4.72 Å². The molecule has 3 rings (SSSR count). The molecule has 1 unspecified atom stereocenters. The normalized spacial score (nSPS) is 21.1. The minimum absolute atomic E-state index is 0.0652. The van der Waals surface area contributed by atoms with Gasteiger partial charge in [0.25, 0.3) is 5.91 Å². The molecule has 7 heteroatoms. The van der Waals surface area contributed by atoms with Crippen molar-refractivity contribution in [2.45, 2.75) is 43.0 Å². The summed E-state index contributed by atoms with van der Waals surface area (Å²) >= 11 is 0. The Morgan fingerprint density at radius 3 is 2.70 bits per heavy atom. The molecule has 6 nitrogen and oxygen atoms in total.